The second-order valence-electron chi connectivity index (χ2n) is 7.19. The van der Waals surface area contributed by atoms with Crippen molar-refractivity contribution in [2.45, 2.75) is 25.0 Å². The van der Waals surface area contributed by atoms with Crippen LogP contribution >= 0.6 is 0 Å². The number of carbonyl (C=O) groups excluding carboxylic acids is 1. The van der Waals surface area contributed by atoms with Crippen molar-refractivity contribution < 1.29 is 24.2 Å². The first kappa shape index (κ1) is 17.1. The lowest BCUT2D eigenvalue weighted by atomic mass is 9.78. The van der Waals surface area contributed by atoms with Gasteiger partial charge in [0.15, 0.2) is 0 Å². The molecule has 3 aliphatic rings. The highest BCUT2D eigenvalue weighted by atomic mass is 16.5. The van der Waals surface area contributed by atoms with Gasteiger partial charge < -0.3 is 24.4 Å². The van der Waals surface area contributed by atoms with E-state index in [0.717, 1.165) is 37.4 Å². The molecular formula is C19H24N2O5. The number of carboxylic acid groups (broad SMARTS) is 1. The molecule has 4 atom stereocenters. The van der Waals surface area contributed by atoms with Crippen LogP contribution in [0.5, 0.6) is 5.75 Å². The summed E-state index contributed by atoms with van der Waals surface area (Å²) in [6, 6.07) is 7.88. The first-order valence-corrected chi connectivity index (χ1v) is 9.14. The Morgan fingerprint density at radius 1 is 1.04 bits per heavy atom. The number of amides is 1. The van der Waals surface area contributed by atoms with Crippen LogP contribution in [0, 0.1) is 11.8 Å². The summed E-state index contributed by atoms with van der Waals surface area (Å²) >= 11 is 0. The average molecular weight is 360 g/mol. The number of ether oxygens (including phenoxy) is 2. The molecule has 3 aliphatic heterocycles. The SMILES string of the molecule is COc1ccc(N2CCN(C(=O)[C@@H]3[C@@H](C(=O)O)[C@@H]4CC[C@H]3O4)CC2)cc1. The molecule has 1 aromatic rings. The lowest BCUT2D eigenvalue weighted by Crippen LogP contribution is -2.53. The Balaban J connectivity index is 1.39. The van der Waals surface area contributed by atoms with Gasteiger partial charge in [0, 0.05) is 31.9 Å². The molecular weight excluding hydrogens is 336 g/mol. The minimum Gasteiger partial charge on any atom is -0.497 e. The second-order valence-corrected chi connectivity index (χ2v) is 7.19. The monoisotopic (exact) mass is 360 g/mol. The molecule has 0 aromatic heterocycles. The third kappa shape index (κ3) is 2.90. The third-order valence-electron chi connectivity index (χ3n) is 5.87. The van der Waals surface area contributed by atoms with E-state index >= 15 is 0 Å². The number of fused-ring (bicyclic) bond motifs is 2. The zero-order chi connectivity index (χ0) is 18.3. The molecule has 0 radical (unpaired) electrons. The normalized spacial score (nSPS) is 30.5. The van der Waals surface area contributed by atoms with E-state index in [1.165, 1.54) is 0 Å². The van der Waals surface area contributed by atoms with Gasteiger partial charge in [0.2, 0.25) is 5.91 Å². The van der Waals surface area contributed by atoms with Crippen molar-refractivity contribution in [3.8, 4) is 5.75 Å². The molecule has 7 heteroatoms. The van der Waals surface area contributed by atoms with Crippen molar-refractivity contribution in [2.75, 3.05) is 38.2 Å². The largest absolute Gasteiger partial charge is 0.497 e. The van der Waals surface area contributed by atoms with Crippen LogP contribution < -0.4 is 9.64 Å². The molecule has 2 bridgehead atoms. The van der Waals surface area contributed by atoms with Crippen LogP contribution in [0.15, 0.2) is 24.3 Å². The maximum atomic E-state index is 13.0. The van der Waals surface area contributed by atoms with Crippen LogP contribution in [-0.4, -0.2) is 67.4 Å². The zero-order valence-electron chi connectivity index (χ0n) is 14.8. The number of anilines is 1. The zero-order valence-corrected chi connectivity index (χ0v) is 14.8. The van der Waals surface area contributed by atoms with Gasteiger partial charge in [-0.3, -0.25) is 9.59 Å². The van der Waals surface area contributed by atoms with Crippen molar-refractivity contribution in [1.29, 1.82) is 0 Å². The third-order valence-corrected chi connectivity index (χ3v) is 5.87. The minimum atomic E-state index is -0.910. The molecule has 0 saturated carbocycles. The van der Waals surface area contributed by atoms with Gasteiger partial charge in [-0.25, -0.2) is 0 Å². The van der Waals surface area contributed by atoms with Crippen LogP contribution in [0.1, 0.15) is 12.8 Å². The Labute approximate surface area is 152 Å². The Morgan fingerprint density at radius 3 is 2.23 bits per heavy atom. The smallest absolute Gasteiger partial charge is 0.310 e. The average Bonchev–Trinajstić information content (AvgIpc) is 3.29. The number of aliphatic carboxylic acids is 1. The summed E-state index contributed by atoms with van der Waals surface area (Å²) in [5.41, 5.74) is 1.10. The van der Waals surface area contributed by atoms with Crippen LogP contribution in [0.2, 0.25) is 0 Å². The summed E-state index contributed by atoms with van der Waals surface area (Å²) in [4.78, 5) is 28.6. The summed E-state index contributed by atoms with van der Waals surface area (Å²) in [5.74, 6) is -1.37. The van der Waals surface area contributed by atoms with Crippen LogP contribution in [0.3, 0.4) is 0 Å². The molecule has 0 unspecified atom stereocenters. The van der Waals surface area contributed by atoms with E-state index in [9.17, 15) is 14.7 Å². The fourth-order valence-corrected chi connectivity index (χ4v) is 4.49. The van der Waals surface area contributed by atoms with Gasteiger partial charge in [-0.2, -0.15) is 0 Å². The summed E-state index contributed by atoms with van der Waals surface area (Å²) in [5, 5.41) is 9.52. The summed E-state index contributed by atoms with van der Waals surface area (Å²) < 4.78 is 10.9. The number of benzene rings is 1. The van der Waals surface area contributed by atoms with Crippen LogP contribution in [0.25, 0.3) is 0 Å². The number of hydrogen-bond donors (Lipinski definition) is 1. The lowest BCUT2D eigenvalue weighted by Gasteiger charge is -2.38. The molecule has 4 rings (SSSR count). The number of hydrogen-bond acceptors (Lipinski definition) is 5. The van der Waals surface area contributed by atoms with E-state index in [1.54, 1.807) is 7.11 Å². The molecule has 1 aromatic carbocycles. The van der Waals surface area contributed by atoms with E-state index in [-0.39, 0.29) is 18.1 Å². The molecule has 0 spiro atoms. The first-order valence-electron chi connectivity index (χ1n) is 9.14. The van der Waals surface area contributed by atoms with Gasteiger partial charge >= 0.3 is 5.97 Å². The predicted molar refractivity (Wildman–Crippen MR) is 94.3 cm³/mol. The van der Waals surface area contributed by atoms with Crippen molar-refractivity contribution in [2.24, 2.45) is 11.8 Å². The number of rotatable bonds is 4. The van der Waals surface area contributed by atoms with Crippen LogP contribution in [0.4, 0.5) is 5.69 Å². The first-order chi connectivity index (χ1) is 12.6. The highest BCUT2D eigenvalue weighted by molar-refractivity contribution is 5.86. The highest BCUT2D eigenvalue weighted by Gasteiger charge is 2.56. The molecule has 3 fully saturated rings. The minimum absolute atomic E-state index is 0.0565. The number of carbonyl (C=O) groups is 2. The van der Waals surface area contributed by atoms with E-state index in [4.69, 9.17) is 9.47 Å². The molecule has 3 heterocycles. The van der Waals surface area contributed by atoms with Crippen molar-refractivity contribution >= 4 is 17.6 Å². The van der Waals surface area contributed by atoms with Gasteiger partial charge in [0.05, 0.1) is 31.2 Å². The molecule has 7 nitrogen and oxygen atoms in total. The quantitative estimate of drug-likeness (QED) is 0.870. The fraction of sp³-hybridized carbons (Fsp3) is 0.579. The molecule has 3 saturated heterocycles. The Bertz CT molecular complexity index is 684. The molecule has 26 heavy (non-hydrogen) atoms. The number of methoxy groups -OCH3 is 1. The number of carboxylic acids is 1. The molecule has 140 valence electrons. The standard InChI is InChI=1S/C19H24N2O5/c1-25-13-4-2-12(3-5-13)20-8-10-21(11-9-20)18(22)16-14-6-7-15(26-14)17(16)19(23)24/h2-5,14-17H,6-11H2,1H3,(H,23,24)/t14-,15+,16+,17+/m1/s1. The van der Waals surface area contributed by atoms with Crippen LogP contribution in [-0.2, 0) is 14.3 Å². The Morgan fingerprint density at radius 2 is 1.65 bits per heavy atom. The van der Waals surface area contributed by atoms with E-state index in [2.05, 4.69) is 4.90 Å². The van der Waals surface area contributed by atoms with Crippen molar-refractivity contribution in [1.82, 2.24) is 4.90 Å². The maximum absolute atomic E-state index is 13.0. The van der Waals surface area contributed by atoms with Crippen molar-refractivity contribution in [3.05, 3.63) is 24.3 Å². The maximum Gasteiger partial charge on any atom is 0.310 e. The highest BCUT2D eigenvalue weighted by Crippen LogP contribution is 2.44. The van der Waals surface area contributed by atoms with E-state index in [0.29, 0.717) is 13.1 Å². The van der Waals surface area contributed by atoms with Crippen molar-refractivity contribution in [3.63, 3.8) is 0 Å². The van der Waals surface area contributed by atoms with E-state index < -0.39 is 17.8 Å². The molecule has 1 amide bonds. The predicted octanol–water partition coefficient (Wildman–Crippen LogP) is 1.22. The number of piperazine rings is 1. The van der Waals surface area contributed by atoms with Gasteiger partial charge in [0.25, 0.3) is 0 Å². The number of nitrogens with zero attached hydrogens (tertiary/aromatic N) is 2. The fourth-order valence-electron chi connectivity index (χ4n) is 4.49. The molecule has 0 aliphatic carbocycles. The van der Waals surface area contributed by atoms with Gasteiger partial charge in [-0.05, 0) is 37.1 Å². The topological polar surface area (TPSA) is 79.3 Å². The summed E-state index contributed by atoms with van der Waals surface area (Å²) in [7, 11) is 1.64. The Hall–Kier alpha value is -2.28. The lowest BCUT2D eigenvalue weighted by molar-refractivity contribution is -0.151. The summed E-state index contributed by atoms with van der Waals surface area (Å²) in [6.45, 7) is 2.67. The summed E-state index contributed by atoms with van der Waals surface area (Å²) in [6.07, 6.45) is 1.01. The van der Waals surface area contributed by atoms with E-state index in [1.807, 2.05) is 29.2 Å². The Kier molecular flexibility index (Phi) is 4.48. The second kappa shape index (κ2) is 6.79. The van der Waals surface area contributed by atoms with Gasteiger partial charge in [-0.15, -0.1) is 0 Å². The van der Waals surface area contributed by atoms with Gasteiger partial charge in [-0.1, -0.05) is 0 Å². The molecule has 1 N–H and O–H groups in total. The van der Waals surface area contributed by atoms with Gasteiger partial charge in [0.1, 0.15) is 5.75 Å².